The third-order valence-electron chi connectivity index (χ3n) is 4.36. The van der Waals surface area contributed by atoms with Crippen molar-refractivity contribution in [3.63, 3.8) is 0 Å². The summed E-state index contributed by atoms with van der Waals surface area (Å²) in [6.07, 6.45) is 0.971. The Kier molecular flexibility index (Phi) is 6.75. The smallest absolute Gasteiger partial charge is 0.293 e. The van der Waals surface area contributed by atoms with E-state index >= 15 is 0 Å². The predicted octanol–water partition coefficient (Wildman–Crippen LogP) is 2.38. The van der Waals surface area contributed by atoms with Crippen molar-refractivity contribution in [2.24, 2.45) is 0 Å². The molecule has 0 aliphatic carbocycles. The van der Waals surface area contributed by atoms with E-state index in [0.29, 0.717) is 16.5 Å². The van der Waals surface area contributed by atoms with Crippen molar-refractivity contribution in [3.8, 4) is 5.69 Å². The Hall–Kier alpha value is -3.51. The molecule has 2 N–H and O–H groups in total. The van der Waals surface area contributed by atoms with Crippen LogP contribution in [0.1, 0.15) is 16.4 Å². The molecule has 1 amide bonds. The van der Waals surface area contributed by atoms with Gasteiger partial charge in [0, 0.05) is 30.4 Å². The summed E-state index contributed by atoms with van der Waals surface area (Å²) in [4.78, 5) is 27.0. The standard InChI is InChI=1S/C19H19ClN6O5S/c1-12-23-18(24-25(12)14-5-3-13(20)4-6-14)19(27)22-10-9-21-16-8-7-15(32(2,30)31)11-17(16)26(28)29/h3-8,11,21H,9-10H2,1-2H3,(H,22,27). The highest BCUT2D eigenvalue weighted by Gasteiger charge is 2.19. The first-order valence-electron chi connectivity index (χ1n) is 9.26. The van der Waals surface area contributed by atoms with Gasteiger partial charge in [0.1, 0.15) is 11.5 Å². The summed E-state index contributed by atoms with van der Waals surface area (Å²) in [6.45, 7) is 1.99. The number of benzene rings is 2. The van der Waals surface area contributed by atoms with Gasteiger partial charge in [-0.2, -0.15) is 0 Å². The molecular weight excluding hydrogens is 460 g/mol. The maximum atomic E-state index is 12.4. The Morgan fingerprint density at radius 2 is 1.88 bits per heavy atom. The fraction of sp³-hybridized carbons (Fsp3) is 0.211. The minimum absolute atomic E-state index is 0.0269. The van der Waals surface area contributed by atoms with Crippen LogP contribution in [0.25, 0.3) is 5.69 Å². The molecule has 0 spiro atoms. The van der Waals surface area contributed by atoms with E-state index in [-0.39, 0.29) is 35.2 Å². The third-order valence-corrected chi connectivity index (χ3v) is 5.73. The molecule has 0 aliphatic rings. The van der Waals surface area contributed by atoms with Crippen LogP contribution in [-0.4, -0.2) is 53.4 Å². The number of nitro groups is 1. The zero-order valence-corrected chi connectivity index (χ0v) is 18.6. The van der Waals surface area contributed by atoms with Crippen LogP contribution in [0.15, 0.2) is 47.4 Å². The summed E-state index contributed by atoms with van der Waals surface area (Å²) in [5.74, 6) is -0.0253. The zero-order chi connectivity index (χ0) is 23.5. The number of rotatable bonds is 8. The van der Waals surface area contributed by atoms with Crippen molar-refractivity contribution in [1.82, 2.24) is 20.1 Å². The average molecular weight is 479 g/mol. The molecule has 1 heterocycles. The van der Waals surface area contributed by atoms with Crippen LogP contribution >= 0.6 is 11.6 Å². The summed E-state index contributed by atoms with van der Waals surface area (Å²) in [7, 11) is -3.58. The summed E-state index contributed by atoms with van der Waals surface area (Å²) >= 11 is 5.89. The molecule has 0 fully saturated rings. The van der Waals surface area contributed by atoms with Gasteiger partial charge in [0.15, 0.2) is 9.84 Å². The number of halogens is 1. The molecule has 32 heavy (non-hydrogen) atoms. The highest BCUT2D eigenvalue weighted by atomic mass is 35.5. The summed E-state index contributed by atoms with van der Waals surface area (Å²) in [5.41, 5.74) is 0.459. The van der Waals surface area contributed by atoms with Crippen LogP contribution in [0.2, 0.25) is 5.02 Å². The van der Waals surface area contributed by atoms with Gasteiger partial charge in [-0.3, -0.25) is 14.9 Å². The highest BCUT2D eigenvalue weighted by Crippen LogP contribution is 2.27. The number of nitro benzene ring substituents is 1. The van der Waals surface area contributed by atoms with Gasteiger partial charge in [0.2, 0.25) is 5.82 Å². The van der Waals surface area contributed by atoms with Crippen molar-refractivity contribution < 1.29 is 18.1 Å². The van der Waals surface area contributed by atoms with Gasteiger partial charge in [-0.1, -0.05) is 11.6 Å². The Balaban J connectivity index is 1.62. The summed E-state index contributed by atoms with van der Waals surface area (Å²) in [6, 6.07) is 10.5. The van der Waals surface area contributed by atoms with Crippen molar-refractivity contribution in [1.29, 1.82) is 0 Å². The normalized spacial score (nSPS) is 11.2. The Morgan fingerprint density at radius 3 is 2.50 bits per heavy atom. The second-order valence-electron chi connectivity index (χ2n) is 6.76. The largest absolute Gasteiger partial charge is 0.378 e. The lowest BCUT2D eigenvalue weighted by Crippen LogP contribution is -2.29. The number of aromatic nitrogens is 3. The van der Waals surface area contributed by atoms with Crippen LogP contribution in [0.4, 0.5) is 11.4 Å². The van der Waals surface area contributed by atoms with Crippen LogP contribution < -0.4 is 10.6 Å². The maximum absolute atomic E-state index is 12.4. The first-order valence-corrected chi connectivity index (χ1v) is 11.5. The Morgan fingerprint density at radius 1 is 1.19 bits per heavy atom. The molecule has 0 radical (unpaired) electrons. The number of aryl methyl sites for hydroxylation is 1. The fourth-order valence-corrected chi connectivity index (χ4v) is 3.57. The highest BCUT2D eigenvalue weighted by molar-refractivity contribution is 7.90. The Labute approximate surface area is 188 Å². The molecule has 0 aliphatic heterocycles. The van der Waals surface area contributed by atoms with E-state index in [9.17, 15) is 23.3 Å². The van der Waals surface area contributed by atoms with E-state index in [0.717, 1.165) is 12.3 Å². The van der Waals surface area contributed by atoms with Gasteiger partial charge in [-0.05, 0) is 43.3 Å². The van der Waals surface area contributed by atoms with E-state index in [1.165, 1.54) is 16.8 Å². The molecular formula is C19H19ClN6O5S. The van der Waals surface area contributed by atoms with E-state index < -0.39 is 20.7 Å². The van der Waals surface area contributed by atoms with Gasteiger partial charge < -0.3 is 10.6 Å². The maximum Gasteiger partial charge on any atom is 0.293 e. The van der Waals surface area contributed by atoms with E-state index in [2.05, 4.69) is 20.7 Å². The van der Waals surface area contributed by atoms with Gasteiger partial charge in [-0.15, -0.1) is 5.10 Å². The lowest BCUT2D eigenvalue weighted by Gasteiger charge is -2.08. The van der Waals surface area contributed by atoms with Crippen molar-refractivity contribution in [2.75, 3.05) is 24.7 Å². The molecule has 0 saturated carbocycles. The summed E-state index contributed by atoms with van der Waals surface area (Å²) < 4.78 is 24.7. The lowest BCUT2D eigenvalue weighted by atomic mass is 10.2. The number of carbonyl (C=O) groups excluding carboxylic acids is 1. The molecule has 0 atom stereocenters. The monoisotopic (exact) mass is 478 g/mol. The molecule has 0 bridgehead atoms. The first-order chi connectivity index (χ1) is 15.1. The van der Waals surface area contributed by atoms with E-state index in [1.807, 2.05) is 0 Å². The molecule has 11 nitrogen and oxygen atoms in total. The summed E-state index contributed by atoms with van der Waals surface area (Å²) in [5, 5.41) is 21.5. The molecule has 13 heteroatoms. The third kappa shape index (κ3) is 5.39. The zero-order valence-electron chi connectivity index (χ0n) is 17.1. The number of anilines is 1. The number of nitrogens with one attached hydrogen (secondary N) is 2. The molecule has 0 unspecified atom stereocenters. The van der Waals surface area contributed by atoms with Crippen LogP contribution in [-0.2, 0) is 9.84 Å². The number of amides is 1. The molecule has 2 aromatic carbocycles. The second kappa shape index (κ2) is 9.32. The molecule has 168 valence electrons. The quantitative estimate of drug-likeness (QED) is 0.284. The van der Waals surface area contributed by atoms with Crippen molar-refractivity contribution in [3.05, 3.63) is 69.3 Å². The number of hydrogen-bond acceptors (Lipinski definition) is 8. The average Bonchev–Trinajstić information content (AvgIpc) is 3.12. The van der Waals surface area contributed by atoms with Crippen LogP contribution in [0, 0.1) is 17.0 Å². The topological polar surface area (TPSA) is 149 Å². The first kappa shape index (κ1) is 23.2. The second-order valence-corrected chi connectivity index (χ2v) is 9.21. The SMILES string of the molecule is Cc1nc(C(=O)NCCNc2ccc(S(C)(=O)=O)cc2[N+](=O)[O-])nn1-c1ccc(Cl)cc1. The predicted molar refractivity (Wildman–Crippen MR) is 118 cm³/mol. The van der Waals surface area contributed by atoms with Gasteiger partial charge in [0.05, 0.1) is 15.5 Å². The molecule has 3 rings (SSSR count). The number of sulfone groups is 1. The van der Waals surface area contributed by atoms with Crippen LogP contribution in [0.3, 0.4) is 0 Å². The minimum atomic E-state index is -3.58. The van der Waals surface area contributed by atoms with Crippen molar-refractivity contribution >= 4 is 38.7 Å². The molecule has 3 aromatic rings. The Bertz CT molecular complexity index is 1270. The minimum Gasteiger partial charge on any atom is -0.378 e. The van der Waals surface area contributed by atoms with Gasteiger partial charge in [0.25, 0.3) is 11.6 Å². The van der Waals surface area contributed by atoms with Crippen LogP contribution in [0.5, 0.6) is 0 Å². The van der Waals surface area contributed by atoms with E-state index in [1.54, 1.807) is 31.2 Å². The van der Waals surface area contributed by atoms with E-state index in [4.69, 9.17) is 11.6 Å². The molecule has 1 aromatic heterocycles. The lowest BCUT2D eigenvalue weighted by molar-refractivity contribution is -0.384. The fourth-order valence-electron chi connectivity index (χ4n) is 2.81. The molecule has 0 saturated heterocycles. The van der Waals surface area contributed by atoms with Gasteiger partial charge in [-0.25, -0.2) is 18.1 Å². The van der Waals surface area contributed by atoms with Crippen molar-refractivity contribution in [2.45, 2.75) is 11.8 Å². The van der Waals surface area contributed by atoms with Gasteiger partial charge >= 0.3 is 0 Å². The number of carbonyl (C=O) groups is 1. The number of hydrogen-bond donors (Lipinski definition) is 2. The number of nitrogens with zero attached hydrogens (tertiary/aromatic N) is 4.